The van der Waals surface area contributed by atoms with Crippen molar-refractivity contribution in [3.63, 3.8) is 0 Å². The molecule has 6 heteroatoms. The number of hydrogen-bond donors (Lipinski definition) is 2. The van der Waals surface area contributed by atoms with Crippen LogP contribution in [0.5, 0.6) is 0 Å². The molecule has 0 bridgehead atoms. The molecule has 0 radical (unpaired) electrons. The van der Waals surface area contributed by atoms with Crippen molar-refractivity contribution in [3.05, 3.63) is 0 Å². The van der Waals surface area contributed by atoms with Gasteiger partial charge >= 0.3 is 0 Å². The van der Waals surface area contributed by atoms with Crippen molar-refractivity contribution in [3.8, 4) is 0 Å². The maximum Gasteiger partial charge on any atom is 0.273 e. The molecule has 0 aliphatic rings. The molecule has 0 rings (SSSR count). The predicted octanol–water partition coefficient (Wildman–Crippen LogP) is -0.312. The van der Waals surface area contributed by atoms with Crippen LogP contribution in [0.2, 0.25) is 0 Å². The summed E-state index contributed by atoms with van der Waals surface area (Å²) in [5.74, 6) is 0. The van der Waals surface area contributed by atoms with Crippen molar-refractivity contribution >= 4 is 10.1 Å². The Bertz CT molecular complexity index is 262. The van der Waals surface area contributed by atoms with Crippen molar-refractivity contribution < 1.29 is 17.5 Å². The summed E-state index contributed by atoms with van der Waals surface area (Å²) in [6.07, 6.45) is 0.852. The van der Waals surface area contributed by atoms with Gasteiger partial charge in [-0.15, -0.1) is 0 Å². The monoisotopic (exact) mass is 225 g/mol. The second-order valence-electron chi connectivity index (χ2n) is 4.31. The topological polar surface area (TPSA) is 80.4 Å². The number of nitrogens with zero attached hydrogens (tertiary/aromatic N) is 1. The summed E-state index contributed by atoms with van der Waals surface area (Å²) in [7, 11) is -0.0521. The first kappa shape index (κ1) is 13.8. The van der Waals surface area contributed by atoms with Crippen molar-refractivity contribution in [2.45, 2.75) is 18.6 Å². The molecule has 0 spiro atoms. The van der Waals surface area contributed by atoms with Gasteiger partial charge in [0, 0.05) is 6.42 Å². The molecule has 1 unspecified atom stereocenters. The van der Waals surface area contributed by atoms with Gasteiger partial charge in [0.15, 0.2) is 0 Å². The highest BCUT2D eigenvalue weighted by molar-refractivity contribution is 7.86. The van der Waals surface area contributed by atoms with Crippen molar-refractivity contribution in [2.24, 2.45) is 5.73 Å². The lowest BCUT2D eigenvalue weighted by Gasteiger charge is -2.31. The lowest BCUT2D eigenvalue weighted by molar-refractivity contribution is -0.889. The lowest BCUT2D eigenvalue weighted by atomic mass is 10.3. The van der Waals surface area contributed by atoms with E-state index in [9.17, 15) is 8.42 Å². The van der Waals surface area contributed by atoms with E-state index in [0.717, 1.165) is 13.0 Å². The van der Waals surface area contributed by atoms with Crippen LogP contribution in [0.1, 0.15) is 13.3 Å². The Hall–Kier alpha value is -0.170. The molecular formula is C8H21N2O3S+. The fraction of sp³-hybridized carbons (Fsp3) is 1.00. The van der Waals surface area contributed by atoms with Crippen molar-refractivity contribution in [2.75, 3.05) is 33.7 Å². The van der Waals surface area contributed by atoms with E-state index in [1.54, 1.807) is 0 Å². The molecule has 0 aliphatic carbocycles. The largest absolute Gasteiger partial charge is 0.330 e. The smallest absolute Gasteiger partial charge is 0.273 e. The third-order valence-electron chi connectivity index (χ3n) is 2.23. The average molecular weight is 225 g/mol. The molecule has 5 nitrogen and oxygen atoms in total. The Morgan fingerprint density at radius 1 is 1.43 bits per heavy atom. The minimum atomic E-state index is -3.91. The van der Waals surface area contributed by atoms with E-state index < -0.39 is 15.4 Å². The zero-order chi connectivity index (χ0) is 11.4. The van der Waals surface area contributed by atoms with Gasteiger partial charge in [-0.25, -0.2) is 0 Å². The molecule has 0 aromatic carbocycles. The van der Waals surface area contributed by atoms with Crippen molar-refractivity contribution in [1.29, 1.82) is 0 Å². The van der Waals surface area contributed by atoms with E-state index in [-0.39, 0.29) is 0 Å². The van der Waals surface area contributed by atoms with Crippen LogP contribution in [-0.2, 0) is 10.1 Å². The normalized spacial score (nSPS) is 15.5. The maximum atomic E-state index is 10.8. The highest BCUT2D eigenvalue weighted by Gasteiger charge is 2.26. The summed E-state index contributed by atoms with van der Waals surface area (Å²) >= 11 is 0. The van der Waals surface area contributed by atoms with E-state index in [1.165, 1.54) is 6.92 Å². The summed E-state index contributed by atoms with van der Waals surface area (Å²) in [4.78, 5) is 0. The number of hydrogen-bond acceptors (Lipinski definition) is 3. The highest BCUT2D eigenvalue weighted by Crippen LogP contribution is 2.06. The summed E-state index contributed by atoms with van der Waals surface area (Å²) < 4.78 is 31.0. The van der Waals surface area contributed by atoms with Gasteiger partial charge in [-0.2, -0.15) is 8.42 Å². The Balaban J connectivity index is 4.22. The third-order valence-corrected chi connectivity index (χ3v) is 3.39. The molecule has 0 aromatic rings. The number of quaternary nitrogens is 1. The SMILES string of the molecule is CC(C[N+](C)(C)CCCN)S(=O)(=O)O. The van der Waals surface area contributed by atoms with Crippen LogP contribution < -0.4 is 5.73 Å². The first-order valence-electron chi connectivity index (χ1n) is 4.67. The molecule has 0 aliphatic heterocycles. The zero-order valence-electron chi connectivity index (χ0n) is 9.10. The van der Waals surface area contributed by atoms with Crippen LogP contribution >= 0.6 is 0 Å². The lowest BCUT2D eigenvalue weighted by Crippen LogP contribution is -2.47. The van der Waals surface area contributed by atoms with Gasteiger partial charge in [-0.1, -0.05) is 0 Å². The van der Waals surface area contributed by atoms with E-state index >= 15 is 0 Å². The fourth-order valence-corrected chi connectivity index (χ4v) is 1.99. The van der Waals surface area contributed by atoms with Gasteiger partial charge < -0.3 is 10.2 Å². The molecule has 86 valence electrons. The van der Waals surface area contributed by atoms with Crippen LogP contribution in [0.15, 0.2) is 0 Å². The van der Waals surface area contributed by atoms with E-state index in [2.05, 4.69) is 0 Å². The van der Waals surface area contributed by atoms with E-state index in [1.807, 2.05) is 14.1 Å². The van der Waals surface area contributed by atoms with E-state index in [4.69, 9.17) is 10.3 Å². The molecule has 3 N–H and O–H groups in total. The summed E-state index contributed by atoms with van der Waals surface area (Å²) in [6, 6.07) is 0. The van der Waals surface area contributed by atoms with Gasteiger partial charge in [0.1, 0.15) is 5.25 Å². The Kier molecular flexibility index (Phi) is 5.00. The van der Waals surface area contributed by atoms with E-state index in [0.29, 0.717) is 17.6 Å². The molecular weight excluding hydrogens is 204 g/mol. The van der Waals surface area contributed by atoms with Crippen LogP contribution in [0.4, 0.5) is 0 Å². The van der Waals surface area contributed by atoms with Crippen LogP contribution in [-0.4, -0.2) is 56.4 Å². The maximum absolute atomic E-state index is 10.8. The Morgan fingerprint density at radius 3 is 2.29 bits per heavy atom. The fourth-order valence-electron chi connectivity index (χ4n) is 1.40. The zero-order valence-corrected chi connectivity index (χ0v) is 9.92. The molecule has 0 fully saturated rings. The first-order valence-corrected chi connectivity index (χ1v) is 6.18. The Labute approximate surface area is 86.2 Å². The minimum Gasteiger partial charge on any atom is -0.330 e. The second kappa shape index (κ2) is 5.06. The molecule has 0 saturated carbocycles. The van der Waals surface area contributed by atoms with Gasteiger partial charge in [-0.3, -0.25) is 4.55 Å². The minimum absolute atomic E-state index is 0.402. The molecule has 0 amide bonds. The van der Waals surface area contributed by atoms with Crippen molar-refractivity contribution in [1.82, 2.24) is 0 Å². The molecule has 14 heavy (non-hydrogen) atoms. The summed E-state index contributed by atoms with van der Waals surface area (Å²) in [5, 5.41) is -0.727. The number of rotatable bonds is 6. The predicted molar refractivity (Wildman–Crippen MR) is 56.5 cm³/mol. The summed E-state index contributed by atoms with van der Waals surface area (Å²) in [6.45, 7) is 3.33. The first-order chi connectivity index (χ1) is 6.19. The van der Waals surface area contributed by atoms with Crippen LogP contribution in [0.25, 0.3) is 0 Å². The molecule has 0 aromatic heterocycles. The van der Waals surface area contributed by atoms with Gasteiger partial charge in [0.25, 0.3) is 10.1 Å². The van der Waals surface area contributed by atoms with Gasteiger partial charge in [-0.05, 0) is 13.5 Å². The summed E-state index contributed by atoms with van der Waals surface area (Å²) in [5.41, 5.74) is 5.37. The third kappa shape index (κ3) is 5.54. The molecule has 1 atom stereocenters. The second-order valence-corrected chi connectivity index (χ2v) is 6.14. The Morgan fingerprint density at radius 2 is 1.93 bits per heavy atom. The van der Waals surface area contributed by atoms with Crippen LogP contribution in [0, 0.1) is 0 Å². The highest BCUT2D eigenvalue weighted by atomic mass is 32.2. The average Bonchev–Trinajstić information content (AvgIpc) is 1.98. The quantitative estimate of drug-likeness (QED) is 0.480. The van der Waals surface area contributed by atoms with Crippen LogP contribution in [0.3, 0.4) is 0 Å². The van der Waals surface area contributed by atoms with Gasteiger partial charge in [0.05, 0.1) is 27.2 Å². The molecule has 0 heterocycles. The molecule has 0 saturated heterocycles. The number of nitrogens with two attached hydrogens (primary N) is 1. The van der Waals surface area contributed by atoms with Gasteiger partial charge in [0.2, 0.25) is 0 Å². The standard InChI is InChI=1S/C8H20N2O3S/c1-8(14(11,12)13)7-10(2,3)6-4-5-9/h8H,4-7,9H2,1-3H3/p+1.